The fraction of sp³-hybridized carbons (Fsp3) is 0.0833. The molecule has 180 valence electrons. The third-order valence-corrected chi connectivity index (χ3v) is 5.69. The number of nitro groups is 3. The minimum absolute atomic E-state index is 0.0597. The average molecular weight is 487 g/mol. The summed E-state index contributed by atoms with van der Waals surface area (Å²) in [5.74, 6) is -0.717. The molecule has 1 aliphatic carbocycles. The largest absolute Gasteiger partial charge is 0.397 e. The van der Waals surface area contributed by atoms with E-state index in [0.717, 1.165) is 46.5 Å². The number of nitrogens with zero attached hydrogens (tertiary/aromatic N) is 4. The number of para-hydroxylation sites is 1. The third kappa shape index (κ3) is 4.07. The number of hydrogen-bond acceptors (Lipinski definition) is 9. The van der Waals surface area contributed by atoms with E-state index in [9.17, 15) is 35.1 Å². The standard InChI is InChI=1S/C13H5N3O7.C11H12N2/c17-13-9-3-6(14(18)19)1-2-8(9)12-10(13)4-7(15(20)21)5-11(12)16(22)23;1-7-6-8(2)13-11-9(7)4-3-5-10(11)12/h1-5H;3-6H,12H2,1-2H3. The SMILES string of the molecule is Cc1cc(C)c2cccc(N)c2n1.O=C1c2cc([N+](=O)[O-])ccc2-c2c1cc([N+](=O)[O-])cc2[N+](=O)[O-]. The summed E-state index contributed by atoms with van der Waals surface area (Å²) in [7, 11) is 0. The van der Waals surface area contributed by atoms with Gasteiger partial charge in [0.05, 0.1) is 37.6 Å². The number of pyridine rings is 1. The van der Waals surface area contributed by atoms with Crippen molar-refractivity contribution < 1.29 is 19.6 Å². The van der Waals surface area contributed by atoms with Crippen LogP contribution in [0.2, 0.25) is 0 Å². The van der Waals surface area contributed by atoms with Gasteiger partial charge in [0, 0.05) is 46.0 Å². The van der Waals surface area contributed by atoms with Crippen molar-refractivity contribution in [2.24, 2.45) is 0 Å². The summed E-state index contributed by atoms with van der Waals surface area (Å²) in [4.78, 5) is 47.3. The number of carbonyl (C=O) groups excluding carboxylic acids is 1. The predicted octanol–water partition coefficient (Wildman–Crippen LogP) is 5.06. The lowest BCUT2D eigenvalue weighted by molar-refractivity contribution is -0.393. The highest BCUT2D eigenvalue weighted by atomic mass is 16.6. The van der Waals surface area contributed by atoms with Crippen molar-refractivity contribution in [2.75, 3.05) is 5.73 Å². The highest BCUT2D eigenvalue weighted by molar-refractivity contribution is 6.23. The molecule has 0 aliphatic heterocycles. The van der Waals surface area contributed by atoms with Crippen molar-refractivity contribution in [3.8, 4) is 11.1 Å². The number of non-ortho nitro benzene ring substituents is 2. The Morgan fingerprint density at radius 1 is 0.778 bits per heavy atom. The number of nitrogens with two attached hydrogens (primary N) is 1. The van der Waals surface area contributed by atoms with E-state index >= 15 is 0 Å². The van der Waals surface area contributed by atoms with Crippen molar-refractivity contribution in [3.63, 3.8) is 0 Å². The fourth-order valence-electron chi connectivity index (χ4n) is 4.12. The molecule has 1 aliphatic rings. The molecule has 1 heterocycles. The number of rotatable bonds is 3. The van der Waals surface area contributed by atoms with E-state index in [1.807, 2.05) is 25.1 Å². The molecule has 0 fully saturated rings. The molecular weight excluding hydrogens is 470 g/mol. The zero-order valence-electron chi connectivity index (χ0n) is 18.9. The Balaban J connectivity index is 0.000000197. The number of anilines is 1. The van der Waals surface area contributed by atoms with Gasteiger partial charge in [0.15, 0.2) is 5.78 Å². The van der Waals surface area contributed by atoms with Crippen LogP contribution in [0.15, 0.2) is 54.6 Å². The molecule has 0 saturated carbocycles. The first-order chi connectivity index (χ1) is 17.0. The lowest BCUT2D eigenvalue weighted by Crippen LogP contribution is -2.00. The maximum atomic E-state index is 12.3. The average Bonchev–Trinajstić information content (AvgIpc) is 3.11. The summed E-state index contributed by atoms with van der Waals surface area (Å²) < 4.78 is 0. The number of ketones is 1. The monoisotopic (exact) mass is 487 g/mol. The van der Waals surface area contributed by atoms with Crippen LogP contribution in [0.5, 0.6) is 0 Å². The predicted molar refractivity (Wildman–Crippen MR) is 131 cm³/mol. The second-order valence-corrected chi connectivity index (χ2v) is 8.04. The van der Waals surface area contributed by atoms with E-state index in [1.54, 1.807) is 0 Å². The number of fused-ring (bicyclic) bond motifs is 4. The molecule has 0 spiro atoms. The van der Waals surface area contributed by atoms with E-state index in [-0.39, 0.29) is 27.9 Å². The Kier molecular flexibility index (Phi) is 5.86. The molecule has 0 bridgehead atoms. The molecule has 0 saturated heterocycles. The third-order valence-electron chi connectivity index (χ3n) is 5.69. The zero-order valence-corrected chi connectivity index (χ0v) is 18.9. The van der Waals surface area contributed by atoms with Crippen molar-refractivity contribution in [2.45, 2.75) is 13.8 Å². The van der Waals surface area contributed by atoms with Gasteiger partial charge in [-0.1, -0.05) is 12.1 Å². The first kappa shape index (κ1) is 23.9. The van der Waals surface area contributed by atoms with E-state index in [4.69, 9.17) is 5.73 Å². The minimum Gasteiger partial charge on any atom is -0.397 e. The van der Waals surface area contributed by atoms with Gasteiger partial charge in [-0.2, -0.15) is 0 Å². The Morgan fingerprint density at radius 2 is 1.44 bits per heavy atom. The number of hydrogen-bond donors (Lipinski definition) is 1. The summed E-state index contributed by atoms with van der Waals surface area (Å²) in [6.45, 7) is 4.06. The van der Waals surface area contributed by atoms with Crippen LogP contribution in [0.4, 0.5) is 22.7 Å². The lowest BCUT2D eigenvalue weighted by atomic mass is 10.0. The van der Waals surface area contributed by atoms with E-state index in [0.29, 0.717) is 0 Å². The molecule has 3 aromatic carbocycles. The number of nitro benzene ring substituents is 3. The highest BCUT2D eigenvalue weighted by Crippen LogP contribution is 2.45. The number of benzene rings is 3. The van der Waals surface area contributed by atoms with Gasteiger partial charge < -0.3 is 5.73 Å². The normalized spacial score (nSPS) is 11.3. The molecule has 1 aromatic heterocycles. The molecule has 5 rings (SSSR count). The summed E-state index contributed by atoms with van der Waals surface area (Å²) >= 11 is 0. The molecular formula is C24H17N5O7. The van der Waals surface area contributed by atoms with Gasteiger partial charge in [0.25, 0.3) is 17.1 Å². The second-order valence-electron chi connectivity index (χ2n) is 8.04. The maximum absolute atomic E-state index is 12.3. The molecule has 0 atom stereocenters. The Hall–Kier alpha value is -5.26. The molecule has 0 radical (unpaired) electrons. The van der Waals surface area contributed by atoms with Crippen molar-refractivity contribution in [3.05, 3.63) is 107 Å². The fourth-order valence-corrected chi connectivity index (χ4v) is 4.12. The van der Waals surface area contributed by atoms with Gasteiger partial charge in [-0.05, 0) is 37.6 Å². The molecule has 0 unspecified atom stereocenters. The molecule has 2 N–H and O–H groups in total. The molecule has 12 heteroatoms. The molecule has 4 aromatic rings. The number of carbonyl (C=O) groups is 1. The Bertz CT molecular complexity index is 1630. The van der Waals surface area contributed by atoms with Crippen molar-refractivity contribution in [1.82, 2.24) is 4.98 Å². The zero-order chi connectivity index (χ0) is 26.3. The van der Waals surface area contributed by atoms with Gasteiger partial charge in [-0.25, -0.2) is 0 Å². The molecule has 12 nitrogen and oxygen atoms in total. The van der Waals surface area contributed by atoms with Gasteiger partial charge in [-0.3, -0.25) is 40.1 Å². The van der Waals surface area contributed by atoms with E-state index in [1.165, 1.54) is 11.6 Å². The quantitative estimate of drug-likeness (QED) is 0.206. The minimum atomic E-state index is -0.841. The number of aryl methyl sites for hydroxylation is 2. The van der Waals surface area contributed by atoms with Crippen LogP contribution in [0.1, 0.15) is 27.2 Å². The summed E-state index contributed by atoms with van der Waals surface area (Å²) in [6, 6.07) is 13.0. The van der Waals surface area contributed by atoms with Gasteiger partial charge in [-0.15, -0.1) is 0 Å². The first-order valence-corrected chi connectivity index (χ1v) is 10.4. The van der Waals surface area contributed by atoms with Crippen LogP contribution in [0.3, 0.4) is 0 Å². The highest BCUT2D eigenvalue weighted by Gasteiger charge is 2.36. The van der Waals surface area contributed by atoms with Crippen LogP contribution in [-0.2, 0) is 0 Å². The van der Waals surface area contributed by atoms with Crippen molar-refractivity contribution in [1.29, 1.82) is 0 Å². The molecule has 36 heavy (non-hydrogen) atoms. The van der Waals surface area contributed by atoms with Crippen LogP contribution in [0.25, 0.3) is 22.0 Å². The van der Waals surface area contributed by atoms with Crippen LogP contribution in [-0.4, -0.2) is 25.5 Å². The lowest BCUT2D eigenvalue weighted by Gasteiger charge is -2.05. The van der Waals surface area contributed by atoms with Crippen LogP contribution >= 0.6 is 0 Å². The topological polar surface area (TPSA) is 185 Å². The van der Waals surface area contributed by atoms with E-state index in [2.05, 4.69) is 18.0 Å². The maximum Gasteiger partial charge on any atom is 0.284 e. The van der Waals surface area contributed by atoms with Gasteiger partial charge in [0.1, 0.15) is 0 Å². The molecule has 0 amide bonds. The van der Waals surface area contributed by atoms with Crippen molar-refractivity contribution >= 4 is 39.4 Å². The smallest absolute Gasteiger partial charge is 0.284 e. The van der Waals surface area contributed by atoms with Crippen LogP contribution in [0, 0.1) is 44.2 Å². The first-order valence-electron chi connectivity index (χ1n) is 10.4. The number of aromatic nitrogens is 1. The number of nitrogen functional groups attached to an aromatic ring is 1. The van der Waals surface area contributed by atoms with Crippen LogP contribution < -0.4 is 5.73 Å². The van der Waals surface area contributed by atoms with Gasteiger partial charge >= 0.3 is 0 Å². The van der Waals surface area contributed by atoms with E-state index < -0.39 is 31.9 Å². The second kappa shape index (κ2) is 8.83. The van der Waals surface area contributed by atoms with Gasteiger partial charge in [0.2, 0.25) is 0 Å². The Labute approximate surface area is 202 Å². The summed E-state index contributed by atoms with van der Waals surface area (Å²) in [6.07, 6.45) is 0. The Morgan fingerprint density at radius 3 is 2.08 bits per heavy atom. The summed E-state index contributed by atoms with van der Waals surface area (Å²) in [5.41, 5.74) is 8.02. The summed E-state index contributed by atoms with van der Waals surface area (Å²) in [5, 5.41) is 34.0.